The molecule has 0 bridgehead atoms. The molecule has 1 heterocycles. The SMILES string of the molecule is C[C@@H]1CC[C@@H]2[C@@H](C1)C[C@H]1C(=O)O[C@H](C)[C@H]1[C@H]2C. The first-order valence-electron chi connectivity index (χ1n) is 7.28. The number of hydrogen-bond acceptors (Lipinski definition) is 2. The molecule has 1 saturated heterocycles. The highest BCUT2D eigenvalue weighted by atomic mass is 16.6. The van der Waals surface area contributed by atoms with Crippen LogP contribution in [0.1, 0.15) is 46.5 Å². The molecular weight excluding hydrogens is 212 g/mol. The molecule has 2 saturated carbocycles. The van der Waals surface area contributed by atoms with Crippen LogP contribution in [0.15, 0.2) is 0 Å². The summed E-state index contributed by atoms with van der Waals surface area (Å²) in [6.07, 6.45) is 5.35. The molecule has 17 heavy (non-hydrogen) atoms. The molecule has 0 aromatic rings. The highest BCUT2D eigenvalue weighted by molar-refractivity contribution is 5.75. The summed E-state index contributed by atoms with van der Waals surface area (Å²) in [5.74, 6) is 3.97. The predicted octanol–water partition coefficient (Wildman–Crippen LogP) is 3.26. The van der Waals surface area contributed by atoms with E-state index in [9.17, 15) is 4.79 Å². The zero-order chi connectivity index (χ0) is 12.2. The summed E-state index contributed by atoms with van der Waals surface area (Å²) in [5, 5.41) is 0. The van der Waals surface area contributed by atoms with Crippen molar-refractivity contribution in [2.24, 2.45) is 35.5 Å². The number of cyclic esters (lactones) is 1. The largest absolute Gasteiger partial charge is 0.462 e. The first kappa shape index (κ1) is 11.6. The Hall–Kier alpha value is -0.530. The minimum Gasteiger partial charge on any atom is -0.462 e. The number of ether oxygens (including phenoxy) is 1. The molecule has 0 amide bonds. The predicted molar refractivity (Wildman–Crippen MR) is 66.3 cm³/mol. The zero-order valence-electron chi connectivity index (χ0n) is 11.2. The Morgan fingerprint density at radius 1 is 1.12 bits per heavy atom. The lowest BCUT2D eigenvalue weighted by atomic mass is 9.57. The Labute approximate surface area is 104 Å². The van der Waals surface area contributed by atoms with Crippen LogP contribution >= 0.6 is 0 Å². The maximum atomic E-state index is 11.9. The van der Waals surface area contributed by atoms with Crippen molar-refractivity contribution in [3.05, 3.63) is 0 Å². The van der Waals surface area contributed by atoms with Crippen molar-refractivity contribution in [2.75, 3.05) is 0 Å². The number of carbonyl (C=O) groups is 1. The van der Waals surface area contributed by atoms with Gasteiger partial charge in [0.2, 0.25) is 0 Å². The Morgan fingerprint density at radius 3 is 2.65 bits per heavy atom. The van der Waals surface area contributed by atoms with Gasteiger partial charge in [0.05, 0.1) is 5.92 Å². The summed E-state index contributed by atoms with van der Waals surface area (Å²) in [7, 11) is 0. The first-order valence-corrected chi connectivity index (χ1v) is 7.28. The number of esters is 1. The van der Waals surface area contributed by atoms with E-state index in [1.165, 1.54) is 19.3 Å². The lowest BCUT2D eigenvalue weighted by Gasteiger charge is -2.46. The van der Waals surface area contributed by atoms with Crippen molar-refractivity contribution < 1.29 is 9.53 Å². The number of carbonyl (C=O) groups excluding carboxylic acids is 1. The van der Waals surface area contributed by atoms with Gasteiger partial charge in [-0.2, -0.15) is 0 Å². The van der Waals surface area contributed by atoms with E-state index in [-0.39, 0.29) is 18.0 Å². The zero-order valence-corrected chi connectivity index (χ0v) is 11.2. The first-order chi connectivity index (χ1) is 8.08. The van der Waals surface area contributed by atoms with E-state index in [1.807, 2.05) is 0 Å². The van der Waals surface area contributed by atoms with Gasteiger partial charge in [-0.3, -0.25) is 4.79 Å². The molecule has 0 unspecified atom stereocenters. The highest BCUT2D eigenvalue weighted by Crippen LogP contribution is 2.53. The van der Waals surface area contributed by atoms with E-state index in [1.54, 1.807) is 0 Å². The molecule has 7 atom stereocenters. The summed E-state index contributed by atoms with van der Waals surface area (Å²) in [6, 6.07) is 0. The Bertz CT molecular complexity index is 325. The minimum atomic E-state index is 0.0889. The molecule has 0 N–H and O–H groups in total. The number of hydrogen-bond donors (Lipinski definition) is 0. The van der Waals surface area contributed by atoms with Gasteiger partial charge in [0, 0.05) is 5.92 Å². The van der Waals surface area contributed by atoms with Crippen molar-refractivity contribution in [3.63, 3.8) is 0 Å². The van der Waals surface area contributed by atoms with Crippen LogP contribution in [0.25, 0.3) is 0 Å². The quantitative estimate of drug-likeness (QED) is 0.603. The second kappa shape index (κ2) is 4.00. The third-order valence-electron chi connectivity index (χ3n) is 5.75. The van der Waals surface area contributed by atoms with Crippen molar-refractivity contribution >= 4 is 5.97 Å². The number of rotatable bonds is 0. The smallest absolute Gasteiger partial charge is 0.309 e. The fourth-order valence-corrected chi connectivity index (χ4v) is 4.98. The maximum Gasteiger partial charge on any atom is 0.309 e. The summed E-state index contributed by atoms with van der Waals surface area (Å²) in [5.41, 5.74) is 0. The third-order valence-corrected chi connectivity index (χ3v) is 5.75. The summed E-state index contributed by atoms with van der Waals surface area (Å²) < 4.78 is 5.47. The fourth-order valence-electron chi connectivity index (χ4n) is 4.98. The molecule has 2 heteroatoms. The van der Waals surface area contributed by atoms with E-state index in [2.05, 4.69) is 20.8 Å². The lowest BCUT2D eigenvalue weighted by molar-refractivity contribution is -0.144. The van der Waals surface area contributed by atoms with E-state index >= 15 is 0 Å². The standard InChI is InChI=1S/C15H24O2/c1-8-4-5-12-9(2)14-10(3)17-15(16)13(14)7-11(12)6-8/h8-14H,4-7H2,1-3H3/t8-,9+,10-,11+,12+,13-,14-/m1/s1. The van der Waals surface area contributed by atoms with Crippen molar-refractivity contribution in [1.82, 2.24) is 0 Å². The van der Waals surface area contributed by atoms with Crippen LogP contribution < -0.4 is 0 Å². The molecule has 3 rings (SSSR count). The third kappa shape index (κ3) is 1.71. The van der Waals surface area contributed by atoms with Gasteiger partial charge in [-0.05, 0) is 49.9 Å². The highest BCUT2D eigenvalue weighted by Gasteiger charge is 2.53. The Balaban J connectivity index is 1.84. The molecule has 0 spiro atoms. The average Bonchev–Trinajstić information content (AvgIpc) is 2.54. The monoisotopic (exact) mass is 236 g/mol. The molecule has 96 valence electrons. The Kier molecular flexibility index (Phi) is 2.72. The van der Waals surface area contributed by atoms with Crippen molar-refractivity contribution in [2.45, 2.75) is 52.6 Å². The molecule has 0 aromatic heterocycles. The van der Waals surface area contributed by atoms with Crippen LogP contribution in [0.5, 0.6) is 0 Å². The summed E-state index contributed by atoms with van der Waals surface area (Å²) in [6.45, 7) is 6.82. The summed E-state index contributed by atoms with van der Waals surface area (Å²) >= 11 is 0. The number of fused-ring (bicyclic) bond motifs is 2. The van der Waals surface area contributed by atoms with Gasteiger partial charge >= 0.3 is 5.97 Å². The van der Waals surface area contributed by atoms with Crippen molar-refractivity contribution in [1.29, 1.82) is 0 Å². The summed E-state index contributed by atoms with van der Waals surface area (Å²) in [4.78, 5) is 11.9. The average molecular weight is 236 g/mol. The van der Waals surface area contributed by atoms with Crippen LogP contribution in [0.3, 0.4) is 0 Å². The van der Waals surface area contributed by atoms with Gasteiger partial charge in [0.25, 0.3) is 0 Å². The molecular formula is C15H24O2. The molecule has 0 radical (unpaired) electrons. The maximum absolute atomic E-state index is 11.9. The van der Waals surface area contributed by atoms with Gasteiger partial charge in [-0.25, -0.2) is 0 Å². The molecule has 0 aromatic carbocycles. The van der Waals surface area contributed by atoms with Gasteiger partial charge in [-0.1, -0.05) is 20.3 Å². The Morgan fingerprint density at radius 2 is 1.88 bits per heavy atom. The molecule has 3 aliphatic rings. The van der Waals surface area contributed by atoms with Crippen LogP contribution in [-0.4, -0.2) is 12.1 Å². The fraction of sp³-hybridized carbons (Fsp3) is 0.933. The van der Waals surface area contributed by atoms with Crippen LogP contribution in [0.4, 0.5) is 0 Å². The normalized spacial score (nSPS) is 53.8. The van der Waals surface area contributed by atoms with E-state index in [0.717, 1.165) is 24.2 Å². The van der Waals surface area contributed by atoms with E-state index < -0.39 is 0 Å². The van der Waals surface area contributed by atoms with Gasteiger partial charge in [-0.15, -0.1) is 0 Å². The van der Waals surface area contributed by atoms with Crippen molar-refractivity contribution in [3.8, 4) is 0 Å². The topological polar surface area (TPSA) is 26.3 Å². The molecule has 2 aliphatic carbocycles. The van der Waals surface area contributed by atoms with Crippen LogP contribution in [-0.2, 0) is 9.53 Å². The second-order valence-corrected chi connectivity index (χ2v) is 6.76. The van der Waals surface area contributed by atoms with Crippen LogP contribution in [0, 0.1) is 35.5 Å². The van der Waals surface area contributed by atoms with Gasteiger partial charge in [0.1, 0.15) is 6.10 Å². The van der Waals surface area contributed by atoms with Gasteiger partial charge < -0.3 is 4.74 Å². The van der Waals surface area contributed by atoms with Gasteiger partial charge in [0.15, 0.2) is 0 Å². The minimum absolute atomic E-state index is 0.0889. The second-order valence-electron chi connectivity index (χ2n) is 6.76. The molecule has 1 aliphatic heterocycles. The lowest BCUT2D eigenvalue weighted by Crippen LogP contribution is -2.43. The molecule has 2 nitrogen and oxygen atoms in total. The van der Waals surface area contributed by atoms with E-state index in [0.29, 0.717) is 11.8 Å². The van der Waals surface area contributed by atoms with Crippen LogP contribution in [0.2, 0.25) is 0 Å². The van der Waals surface area contributed by atoms with E-state index in [4.69, 9.17) is 4.74 Å². The molecule has 3 fully saturated rings.